The van der Waals surface area contributed by atoms with Crippen LogP contribution in [0.15, 0.2) is 54.7 Å². The highest BCUT2D eigenvalue weighted by molar-refractivity contribution is 5.60. The van der Waals surface area contributed by atoms with Crippen LogP contribution in [0.4, 0.5) is 17.5 Å². The van der Waals surface area contributed by atoms with E-state index in [0.29, 0.717) is 5.95 Å². The number of aromatic nitrogens is 2. The Labute approximate surface area is 154 Å². The lowest BCUT2D eigenvalue weighted by atomic mass is 10.1. The molecule has 0 aliphatic carbocycles. The second-order valence-corrected chi connectivity index (χ2v) is 6.20. The third-order valence-electron chi connectivity index (χ3n) is 4.19. The van der Waals surface area contributed by atoms with Crippen LogP contribution < -0.4 is 15.4 Å². The fourth-order valence-corrected chi connectivity index (χ4v) is 2.74. The Bertz CT molecular complexity index is 879. The SMILES string of the molecule is COc1ccccc1CCNc1ccnc(Nc2cc(C)ccc2C)n1. The lowest BCUT2D eigenvalue weighted by molar-refractivity contribution is 0.410. The molecule has 5 nitrogen and oxygen atoms in total. The molecule has 0 unspecified atom stereocenters. The molecular weight excluding hydrogens is 324 g/mol. The first-order chi connectivity index (χ1) is 12.7. The number of methoxy groups -OCH3 is 1. The fraction of sp³-hybridized carbons (Fsp3) is 0.238. The van der Waals surface area contributed by atoms with Gasteiger partial charge < -0.3 is 15.4 Å². The van der Waals surface area contributed by atoms with Gasteiger partial charge in [-0.15, -0.1) is 0 Å². The number of benzene rings is 2. The van der Waals surface area contributed by atoms with Crippen LogP contribution in [0.25, 0.3) is 0 Å². The second kappa shape index (κ2) is 8.34. The van der Waals surface area contributed by atoms with Crippen molar-refractivity contribution in [1.82, 2.24) is 9.97 Å². The van der Waals surface area contributed by atoms with Crippen LogP contribution in [-0.2, 0) is 6.42 Å². The number of para-hydroxylation sites is 1. The van der Waals surface area contributed by atoms with Gasteiger partial charge in [0.15, 0.2) is 0 Å². The quantitative estimate of drug-likeness (QED) is 0.658. The van der Waals surface area contributed by atoms with E-state index in [0.717, 1.165) is 35.8 Å². The molecule has 134 valence electrons. The summed E-state index contributed by atoms with van der Waals surface area (Å²) in [5, 5.41) is 6.65. The van der Waals surface area contributed by atoms with Crippen molar-refractivity contribution in [2.24, 2.45) is 0 Å². The molecular formula is C21H24N4O. The maximum atomic E-state index is 5.39. The zero-order chi connectivity index (χ0) is 18.4. The molecule has 0 radical (unpaired) electrons. The van der Waals surface area contributed by atoms with E-state index in [1.807, 2.05) is 24.3 Å². The summed E-state index contributed by atoms with van der Waals surface area (Å²) in [7, 11) is 1.70. The van der Waals surface area contributed by atoms with Crippen molar-refractivity contribution in [3.8, 4) is 5.75 Å². The van der Waals surface area contributed by atoms with Gasteiger partial charge in [0.2, 0.25) is 5.95 Å². The molecule has 0 aliphatic heterocycles. The molecule has 0 spiro atoms. The van der Waals surface area contributed by atoms with E-state index in [9.17, 15) is 0 Å². The van der Waals surface area contributed by atoms with Crippen molar-refractivity contribution in [3.63, 3.8) is 0 Å². The predicted octanol–water partition coefficient (Wildman–Crippen LogP) is 4.50. The van der Waals surface area contributed by atoms with Crippen molar-refractivity contribution >= 4 is 17.5 Å². The van der Waals surface area contributed by atoms with Crippen molar-refractivity contribution in [1.29, 1.82) is 0 Å². The van der Waals surface area contributed by atoms with Gasteiger partial charge in [0, 0.05) is 18.4 Å². The minimum absolute atomic E-state index is 0.584. The smallest absolute Gasteiger partial charge is 0.229 e. The second-order valence-electron chi connectivity index (χ2n) is 6.20. The topological polar surface area (TPSA) is 59.1 Å². The lowest BCUT2D eigenvalue weighted by Gasteiger charge is -2.11. The van der Waals surface area contributed by atoms with Crippen LogP contribution in [0, 0.1) is 13.8 Å². The summed E-state index contributed by atoms with van der Waals surface area (Å²) in [5.74, 6) is 2.29. The van der Waals surface area contributed by atoms with E-state index in [1.54, 1.807) is 13.3 Å². The number of rotatable bonds is 7. The molecule has 5 heteroatoms. The van der Waals surface area contributed by atoms with Crippen LogP contribution in [0.3, 0.4) is 0 Å². The van der Waals surface area contributed by atoms with Gasteiger partial charge >= 0.3 is 0 Å². The summed E-state index contributed by atoms with van der Waals surface area (Å²) < 4.78 is 5.39. The zero-order valence-corrected chi connectivity index (χ0v) is 15.4. The normalized spacial score (nSPS) is 10.4. The van der Waals surface area contributed by atoms with E-state index < -0.39 is 0 Å². The molecule has 0 saturated carbocycles. The minimum Gasteiger partial charge on any atom is -0.496 e. The molecule has 2 aromatic carbocycles. The molecule has 0 atom stereocenters. The van der Waals surface area contributed by atoms with Gasteiger partial charge in [-0.05, 0) is 55.2 Å². The molecule has 1 aromatic heterocycles. The maximum Gasteiger partial charge on any atom is 0.229 e. The highest BCUT2D eigenvalue weighted by atomic mass is 16.5. The van der Waals surface area contributed by atoms with Crippen LogP contribution in [0.5, 0.6) is 5.75 Å². The summed E-state index contributed by atoms with van der Waals surface area (Å²) in [5.41, 5.74) is 4.55. The van der Waals surface area contributed by atoms with Gasteiger partial charge in [0.1, 0.15) is 11.6 Å². The molecule has 1 heterocycles. The molecule has 0 aliphatic rings. The summed E-state index contributed by atoms with van der Waals surface area (Å²) in [6.45, 7) is 4.90. The van der Waals surface area contributed by atoms with E-state index in [-0.39, 0.29) is 0 Å². The van der Waals surface area contributed by atoms with Gasteiger partial charge in [-0.3, -0.25) is 0 Å². The summed E-state index contributed by atoms with van der Waals surface area (Å²) in [4.78, 5) is 8.86. The van der Waals surface area contributed by atoms with Gasteiger partial charge in [0.05, 0.1) is 7.11 Å². The Morgan fingerprint density at radius 2 is 1.88 bits per heavy atom. The minimum atomic E-state index is 0.584. The number of anilines is 3. The highest BCUT2D eigenvalue weighted by Gasteiger charge is 2.04. The average Bonchev–Trinajstić information content (AvgIpc) is 2.65. The Balaban J connectivity index is 1.63. The zero-order valence-electron chi connectivity index (χ0n) is 15.4. The van der Waals surface area contributed by atoms with Crippen molar-refractivity contribution in [3.05, 3.63) is 71.4 Å². The third kappa shape index (κ3) is 4.51. The number of nitrogens with one attached hydrogen (secondary N) is 2. The van der Waals surface area contributed by atoms with Gasteiger partial charge in [-0.2, -0.15) is 4.98 Å². The summed E-state index contributed by atoms with van der Waals surface area (Å²) in [6, 6.07) is 16.2. The Kier molecular flexibility index (Phi) is 5.69. The molecule has 0 saturated heterocycles. The Morgan fingerprint density at radius 1 is 1.04 bits per heavy atom. The standard InChI is InChI=1S/C21H24N4O/c1-15-8-9-16(2)18(14-15)24-21-23-13-11-20(25-21)22-12-10-17-6-4-5-7-19(17)26-3/h4-9,11,13-14H,10,12H2,1-3H3,(H2,22,23,24,25). The number of aryl methyl sites for hydroxylation is 2. The highest BCUT2D eigenvalue weighted by Crippen LogP contribution is 2.21. The number of hydrogen-bond acceptors (Lipinski definition) is 5. The fourth-order valence-electron chi connectivity index (χ4n) is 2.74. The van der Waals surface area contributed by atoms with Crippen molar-refractivity contribution in [2.45, 2.75) is 20.3 Å². The van der Waals surface area contributed by atoms with Crippen molar-refractivity contribution < 1.29 is 4.74 Å². The van der Waals surface area contributed by atoms with Crippen LogP contribution in [-0.4, -0.2) is 23.6 Å². The van der Waals surface area contributed by atoms with E-state index in [2.05, 4.69) is 58.7 Å². The molecule has 0 bridgehead atoms. The first-order valence-electron chi connectivity index (χ1n) is 8.69. The Morgan fingerprint density at radius 3 is 2.73 bits per heavy atom. The van der Waals surface area contributed by atoms with Gasteiger partial charge in [-0.1, -0.05) is 30.3 Å². The van der Waals surface area contributed by atoms with Gasteiger partial charge in [-0.25, -0.2) is 4.98 Å². The monoisotopic (exact) mass is 348 g/mol. The van der Waals surface area contributed by atoms with E-state index in [1.165, 1.54) is 11.1 Å². The average molecular weight is 348 g/mol. The molecule has 0 fully saturated rings. The number of hydrogen-bond donors (Lipinski definition) is 2. The van der Waals surface area contributed by atoms with E-state index in [4.69, 9.17) is 4.74 Å². The van der Waals surface area contributed by atoms with E-state index >= 15 is 0 Å². The molecule has 26 heavy (non-hydrogen) atoms. The number of ether oxygens (including phenoxy) is 1. The van der Waals surface area contributed by atoms with Crippen LogP contribution >= 0.6 is 0 Å². The third-order valence-corrected chi connectivity index (χ3v) is 4.19. The van der Waals surface area contributed by atoms with Crippen LogP contribution in [0.1, 0.15) is 16.7 Å². The molecule has 2 N–H and O–H groups in total. The lowest BCUT2D eigenvalue weighted by Crippen LogP contribution is -2.08. The largest absolute Gasteiger partial charge is 0.496 e. The maximum absolute atomic E-state index is 5.39. The predicted molar refractivity (Wildman–Crippen MR) is 106 cm³/mol. The van der Waals surface area contributed by atoms with Crippen molar-refractivity contribution in [2.75, 3.05) is 24.3 Å². The molecule has 0 amide bonds. The summed E-state index contributed by atoms with van der Waals surface area (Å²) in [6.07, 6.45) is 2.61. The first-order valence-corrected chi connectivity index (χ1v) is 8.69. The molecule has 3 rings (SSSR count). The first kappa shape index (κ1) is 17.7. The summed E-state index contributed by atoms with van der Waals surface area (Å²) >= 11 is 0. The van der Waals surface area contributed by atoms with Gasteiger partial charge in [0.25, 0.3) is 0 Å². The Hall–Kier alpha value is -3.08. The van der Waals surface area contributed by atoms with Crippen LogP contribution in [0.2, 0.25) is 0 Å². The molecule has 3 aromatic rings. The number of nitrogens with zero attached hydrogens (tertiary/aromatic N) is 2.